The smallest absolute Gasteiger partial charge is 0.407 e. The average Bonchev–Trinajstić information content (AvgIpc) is 3.27. The van der Waals surface area contributed by atoms with E-state index in [0.717, 1.165) is 6.07 Å². The van der Waals surface area contributed by atoms with Crippen molar-refractivity contribution in [3.63, 3.8) is 0 Å². The molecule has 3 aromatic rings. The average molecular weight is 511 g/mol. The van der Waals surface area contributed by atoms with Crippen LogP contribution in [0.2, 0.25) is 0 Å². The van der Waals surface area contributed by atoms with Crippen LogP contribution in [0.5, 0.6) is 11.5 Å². The Morgan fingerprint density at radius 1 is 1.32 bits per heavy atom. The lowest BCUT2D eigenvalue weighted by atomic mass is 10.1. The molecular weight excluding hydrogens is 483 g/mol. The molecule has 2 aliphatic heterocycles. The number of ether oxygens (including phenoxy) is 3. The summed E-state index contributed by atoms with van der Waals surface area (Å²) < 4.78 is 33.8. The summed E-state index contributed by atoms with van der Waals surface area (Å²) in [5.74, 6) is -0.652. The van der Waals surface area contributed by atoms with Crippen LogP contribution in [0.3, 0.4) is 0 Å². The molecule has 1 amide bonds. The van der Waals surface area contributed by atoms with Gasteiger partial charge in [-0.3, -0.25) is 9.36 Å². The number of benzene rings is 1. The summed E-state index contributed by atoms with van der Waals surface area (Å²) in [5, 5.41) is 2.80. The predicted octanol–water partition coefficient (Wildman–Crippen LogP) is 3.91. The van der Waals surface area contributed by atoms with Crippen molar-refractivity contribution in [2.45, 2.75) is 45.8 Å². The van der Waals surface area contributed by atoms with Crippen molar-refractivity contribution in [2.24, 2.45) is 0 Å². The highest BCUT2D eigenvalue weighted by atomic mass is 19.1. The van der Waals surface area contributed by atoms with Crippen molar-refractivity contribution in [1.82, 2.24) is 14.9 Å². The molecule has 194 valence electrons. The fourth-order valence-corrected chi connectivity index (χ4v) is 4.64. The molecule has 1 fully saturated rings. The second kappa shape index (κ2) is 9.06. The molecule has 5 rings (SSSR count). The molecule has 4 heterocycles. The minimum Gasteiger partial charge on any atom is -0.462 e. The van der Waals surface area contributed by atoms with Gasteiger partial charge in [0, 0.05) is 25.5 Å². The van der Waals surface area contributed by atoms with Gasteiger partial charge in [-0.15, -0.1) is 0 Å². The number of rotatable bonds is 4. The summed E-state index contributed by atoms with van der Waals surface area (Å²) in [6.07, 6.45) is 2.93. The van der Waals surface area contributed by atoms with Crippen LogP contribution in [0.4, 0.5) is 14.9 Å². The standard InChI is InChI=1S/C26H27FN4O6/c1-5-35-24(33)16-13-31-19-15(21(16)32)11-17(27)20(22(19)36-18-7-6-9-28-23(18)31)30-10-8-14(12-30)29-25(34)37-26(2,3)4/h6-7,9,11,13-14H,5,8,10,12H2,1-4H3,(H,29,34)/t14-/m0/s1. The normalized spacial score (nSPS) is 16.2. The highest BCUT2D eigenvalue weighted by molar-refractivity contribution is 5.99. The number of nitrogens with zero attached hydrogens (tertiary/aromatic N) is 3. The van der Waals surface area contributed by atoms with Gasteiger partial charge in [0.1, 0.15) is 22.4 Å². The molecule has 1 saturated heterocycles. The van der Waals surface area contributed by atoms with E-state index in [1.54, 1.807) is 55.5 Å². The van der Waals surface area contributed by atoms with Crippen LogP contribution in [-0.2, 0) is 9.47 Å². The van der Waals surface area contributed by atoms with E-state index >= 15 is 4.39 Å². The highest BCUT2D eigenvalue weighted by Gasteiger charge is 2.34. The number of halogens is 1. The third-order valence-corrected chi connectivity index (χ3v) is 6.08. The Hall–Kier alpha value is -4.15. The number of pyridine rings is 2. The summed E-state index contributed by atoms with van der Waals surface area (Å²) in [4.78, 5) is 44.1. The van der Waals surface area contributed by atoms with Crippen LogP contribution < -0.4 is 20.4 Å². The SMILES string of the molecule is CCOC(=O)c1cn2c3c(c(N4CC[C@H](NC(=O)OC(C)(C)C)C4)c(F)cc3c1=O)Oc1cccnc1-2. The lowest BCUT2D eigenvalue weighted by Crippen LogP contribution is -2.40. The molecule has 1 atom stereocenters. The van der Waals surface area contributed by atoms with E-state index in [1.807, 2.05) is 0 Å². The molecule has 1 aromatic carbocycles. The predicted molar refractivity (Wildman–Crippen MR) is 133 cm³/mol. The monoisotopic (exact) mass is 510 g/mol. The van der Waals surface area contributed by atoms with Crippen LogP contribution >= 0.6 is 0 Å². The Labute approximate surface area is 211 Å². The van der Waals surface area contributed by atoms with Crippen LogP contribution in [-0.4, -0.2) is 53.0 Å². The van der Waals surface area contributed by atoms with Gasteiger partial charge in [-0.25, -0.2) is 19.0 Å². The van der Waals surface area contributed by atoms with E-state index < -0.39 is 28.9 Å². The Morgan fingerprint density at radius 3 is 2.84 bits per heavy atom. The molecule has 2 aromatic heterocycles. The van der Waals surface area contributed by atoms with Gasteiger partial charge in [0.05, 0.1) is 18.0 Å². The minimum absolute atomic E-state index is 0.0271. The van der Waals surface area contributed by atoms with E-state index in [0.29, 0.717) is 36.6 Å². The zero-order chi connectivity index (χ0) is 26.5. The van der Waals surface area contributed by atoms with E-state index in [2.05, 4.69) is 10.3 Å². The van der Waals surface area contributed by atoms with Gasteiger partial charge in [-0.1, -0.05) is 0 Å². The minimum atomic E-state index is -0.802. The Bertz CT molecular complexity index is 1480. The number of hydrogen-bond acceptors (Lipinski definition) is 8. The Morgan fingerprint density at radius 2 is 2.11 bits per heavy atom. The number of carbonyl (C=O) groups is 2. The van der Waals surface area contributed by atoms with Crippen LogP contribution in [0.1, 0.15) is 44.5 Å². The Kier molecular flexibility index (Phi) is 6.01. The molecule has 0 bridgehead atoms. The van der Waals surface area contributed by atoms with E-state index in [4.69, 9.17) is 14.2 Å². The Balaban J connectivity index is 1.60. The van der Waals surface area contributed by atoms with Crippen LogP contribution in [0, 0.1) is 5.82 Å². The number of amides is 1. The van der Waals surface area contributed by atoms with Gasteiger partial charge in [0.2, 0.25) is 5.43 Å². The van der Waals surface area contributed by atoms with Crippen molar-refractivity contribution in [2.75, 3.05) is 24.6 Å². The second-order valence-electron chi connectivity index (χ2n) is 9.90. The van der Waals surface area contributed by atoms with Crippen LogP contribution in [0.15, 0.2) is 35.4 Å². The molecular formula is C26H27FN4O6. The zero-order valence-electron chi connectivity index (χ0n) is 21.0. The van der Waals surface area contributed by atoms with E-state index in [1.165, 1.54) is 6.20 Å². The van der Waals surface area contributed by atoms with Gasteiger partial charge in [-0.2, -0.15) is 0 Å². The summed E-state index contributed by atoms with van der Waals surface area (Å²) in [5.41, 5.74) is -1.08. The topological polar surface area (TPSA) is 112 Å². The molecule has 0 spiro atoms. The van der Waals surface area contributed by atoms with Gasteiger partial charge < -0.3 is 24.4 Å². The molecule has 0 saturated carbocycles. The molecule has 0 unspecified atom stereocenters. The first-order valence-electron chi connectivity index (χ1n) is 12.0. The third kappa shape index (κ3) is 4.45. The maximum atomic E-state index is 15.7. The third-order valence-electron chi connectivity index (χ3n) is 6.08. The number of esters is 1. The molecule has 0 aliphatic carbocycles. The van der Waals surface area contributed by atoms with E-state index in [-0.39, 0.29) is 35.0 Å². The first kappa shape index (κ1) is 24.5. The fraction of sp³-hybridized carbons (Fsp3) is 0.385. The summed E-state index contributed by atoms with van der Waals surface area (Å²) in [6, 6.07) is 4.18. The number of carbonyl (C=O) groups excluding carboxylic acids is 2. The van der Waals surface area contributed by atoms with Crippen molar-refractivity contribution < 1.29 is 28.2 Å². The molecule has 1 N–H and O–H groups in total. The van der Waals surface area contributed by atoms with Crippen LogP contribution in [0.25, 0.3) is 16.7 Å². The lowest BCUT2D eigenvalue weighted by molar-refractivity contribution is 0.0503. The van der Waals surface area contributed by atoms with Crippen molar-refractivity contribution in [3.8, 4) is 17.3 Å². The first-order valence-corrected chi connectivity index (χ1v) is 12.0. The number of hydrogen-bond donors (Lipinski definition) is 1. The van der Waals surface area contributed by atoms with Gasteiger partial charge in [-0.05, 0) is 52.3 Å². The number of aromatic nitrogens is 2. The molecule has 0 radical (unpaired) electrons. The van der Waals surface area contributed by atoms with E-state index in [9.17, 15) is 14.4 Å². The fourth-order valence-electron chi connectivity index (χ4n) is 4.64. The first-order chi connectivity index (χ1) is 17.6. The second-order valence-corrected chi connectivity index (χ2v) is 9.90. The maximum absolute atomic E-state index is 15.7. The summed E-state index contributed by atoms with van der Waals surface area (Å²) in [6.45, 7) is 7.79. The van der Waals surface area contributed by atoms with Crippen molar-refractivity contribution in [3.05, 3.63) is 52.2 Å². The van der Waals surface area contributed by atoms with Crippen molar-refractivity contribution >= 4 is 28.7 Å². The number of anilines is 1. The lowest BCUT2D eigenvalue weighted by Gasteiger charge is -2.28. The summed E-state index contributed by atoms with van der Waals surface area (Å²) in [7, 11) is 0. The number of nitrogens with one attached hydrogen (secondary N) is 1. The van der Waals surface area contributed by atoms with Crippen molar-refractivity contribution in [1.29, 1.82) is 0 Å². The molecule has 10 nitrogen and oxygen atoms in total. The molecule has 11 heteroatoms. The zero-order valence-corrected chi connectivity index (χ0v) is 21.0. The van der Waals surface area contributed by atoms with Gasteiger partial charge in [0.25, 0.3) is 0 Å². The van der Waals surface area contributed by atoms with Gasteiger partial charge in [0.15, 0.2) is 23.1 Å². The number of alkyl carbamates (subject to hydrolysis) is 1. The number of fused-ring (bicyclic) bond motifs is 2. The maximum Gasteiger partial charge on any atom is 0.407 e. The largest absolute Gasteiger partial charge is 0.462 e. The quantitative estimate of drug-likeness (QED) is 0.412. The van der Waals surface area contributed by atoms with Gasteiger partial charge >= 0.3 is 12.1 Å². The molecule has 37 heavy (non-hydrogen) atoms. The summed E-state index contributed by atoms with van der Waals surface area (Å²) >= 11 is 0. The molecule has 2 aliphatic rings. The highest BCUT2D eigenvalue weighted by Crippen LogP contribution is 2.46.